The van der Waals surface area contributed by atoms with E-state index in [0.29, 0.717) is 0 Å². The van der Waals surface area contributed by atoms with Gasteiger partial charge in [-0.15, -0.1) is 0 Å². The number of carboxylic acid groups (broad SMARTS) is 2. The van der Waals surface area contributed by atoms with E-state index in [1.807, 2.05) is 0 Å². The van der Waals surface area contributed by atoms with Gasteiger partial charge in [0.15, 0.2) is 0 Å². The van der Waals surface area contributed by atoms with Gasteiger partial charge in [0.2, 0.25) is 0 Å². The summed E-state index contributed by atoms with van der Waals surface area (Å²) in [7, 11) is 3.65. The van der Waals surface area contributed by atoms with Crippen LogP contribution in [0, 0.1) is 0 Å². The van der Waals surface area contributed by atoms with Crippen LogP contribution in [0.1, 0.15) is 0 Å². The van der Waals surface area contributed by atoms with E-state index >= 15 is 0 Å². The topological polar surface area (TPSA) is 80.3 Å². The summed E-state index contributed by atoms with van der Waals surface area (Å²) in [5, 5.41) is 17.9. The fraction of sp³-hybridized carbons (Fsp3) is 0. The zero-order valence-corrected chi connectivity index (χ0v) is 11.1. The fourth-order valence-corrected chi connectivity index (χ4v) is 0. The van der Waals surface area contributed by atoms with E-state index in [1.165, 1.54) is 0 Å². The van der Waals surface area contributed by atoms with E-state index in [0.717, 1.165) is 0 Å². The quantitative estimate of drug-likeness (QED) is 0.304. The van der Waals surface area contributed by atoms with Crippen LogP contribution in [0.2, 0.25) is 0 Å². The Morgan fingerprint density at radius 3 is 1.10 bits per heavy atom. The van der Waals surface area contributed by atoms with Crippen molar-refractivity contribution in [2.45, 2.75) is 0 Å². The Morgan fingerprint density at radius 1 is 1.00 bits per heavy atom. The molecular weight excluding hydrogens is 230 g/mol. The summed E-state index contributed by atoms with van der Waals surface area (Å²) in [6, 6.07) is 0. The van der Waals surface area contributed by atoms with Crippen LogP contribution in [0.15, 0.2) is 0 Å². The van der Waals surface area contributed by atoms with Crippen molar-refractivity contribution < 1.29 is 93.3 Å². The molecule has 4 nitrogen and oxygen atoms in total. The molecule has 0 saturated carbocycles. The predicted molar refractivity (Wildman–Crippen MR) is 17.6 cm³/mol. The van der Waals surface area contributed by atoms with Gasteiger partial charge in [-0.1, -0.05) is 0 Å². The number of aliphatic carboxylic acids is 2. The SMILES string of the molecule is O=C([O-])C(=O)[O-].[Na+].[Na+].[S]=[Cu]. The summed E-state index contributed by atoms with van der Waals surface area (Å²) < 4.78 is 0. The van der Waals surface area contributed by atoms with Crippen LogP contribution in [-0.2, 0) is 24.0 Å². The molecule has 0 aliphatic rings. The third-order valence-electron chi connectivity index (χ3n) is 0.167. The first-order chi connectivity index (χ1) is 3.64. The second kappa shape index (κ2) is 17.0. The average Bonchev–Trinajstić information content (AvgIpc) is 1.72. The van der Waals surface area contributed by atoms with E-state index in [-0.39, 0.29) is 59.1 Å². The van der Waals surface area contributed by atoms with Gasteiger partial charge in [0.05, 0.1) is 11.9 Å². The molecule has 0 aliphatic heterocycles. The molecule has 0 aromatic rings. The number of carbonyl (C=O) groups excluding carboxylic acids is 2. The van der Waals surface area contributed by atoms with Gasteiger partial charge in [-0.3, -0.25) is 0 Å². The van der Waals surface area contributed by atoms with Gasteiger partial charge in [-0.2, -0.15) is 0 Å². The zero-order valence-electron chi connectivity index (χ0n) is 5.34. The van der Waals surface area contributed by atoms with Gasteiger partial charge < -0.3 is 19.8 Å². The minimum absolute atomic E-state index is 0. The summed E-state index contributed by atoms with van der Waals surface area (Å²) in [6.07, 6.45) is 0. The predicted octanol–water partition coefficient (Wildman–Crippen LogP) is -8.86. The molecule has 0 unspecified atom stereocenters. The number of carboxylic acids is 2. The molecule has 0 rings (SSSR count). The van der Waals surface area contributed by atoms with E-state index < -0.39 is 11.9 Å². The molecular formula is C2CuNa2O4S. The van der Waals surface area contributed by atoms with Crippen LogP contribution >= 0.6 is 10.6 Å². The number of hydrogen-bond donors (Lipinski definition) is 0. The van der Waals surface area contributed by atoms with Crippen molar-refractivity contribution >= 4 is 22.5 Å². The molecule has 0 spiro atoms. The molecule has 0 aromatic heterocycles. The minimum atomic E-state index is -2.19. The van der Waals surface area contributed by atoms with Gasteiger partial charge in [0.25, 0.3) is 0 Å². The van der Waals surface area contributed by atoms with Crippen molar-refractivity contribution in [3.63, 3.8) is 0 Å². The normalized spacial score (nSPS) is 5.00. The number of hydrogen-bond acceptors (Lipinski definition) is 5. The van der Waals surface area contributed by atoms with Crippen molar-refractivity contribution in [1.82, 2.24) is 0 Å². The molecule has 0 heterocycles. The summed E-state index contributed by atoms with van der Waals surface area (Å²) in [5.41, 5.74) is 0. The summed E-state index contributed by atoms with van der Waals surface area (Å²) in [5.74, 6) is -4.37. The molecule has 51 valence electrons. The van der Waals surface area contributed by atoms with Crippen LogP contribution < -0.4 is 69.3 Å². The fourth-order valence-electron chi connectivity index (χ4n) is 0. The first kappa shape index (κ1) is 22.6. The van der Waals surface area contributed by atoms with Crippen molar-refractivity contribution in [2.75, 3.05) is 0 Å². The van der Waals surface area contributed by atoms with Gasteiger partial charge in [0, 0.05) is 0 Å². The zero-order chi connectivity index (χ0) is 7.15. The van der Waals surface area contributed by atoms with Gasteiger partial charge in [-0.25, -0.2) is 0 Å². The van der Waals surface area contributed by atoms with Crippen LogP contribution in [0.4, 0.5) is 0 Å². The van der Waals surface area contributed by atoms with E-state index in [1.54, 1.807) is 0 Å². The second-order valence-electron chi connectivity index (χ2n) is 0.575. The van der Waals surface area contributed by atoms with Gasteiger partial charge in [0.1, 0.15) is 0 Å². The molecule has 0 fully saturated rings. The molecule has 0 aromatic carbocycles. The molecule has 0 saturated heterocycles. The van der Waals surface area contributed by atoms with Gasteiger partial charge >= 0.3 is 84.1 Å². The van der Waals surface area contributed by atoms with Crippen LogP contribution in [-0.4, -0.2) is 11.9 Å². The molecule has 8 heteroatoms. The standard InChI is InChI=1S/C2H2O4.Cu.2Na.S/c3-1(4)2(5)6;;;;/h(H,3,4)(H,5,6);;;;/q;;2*+1;/p-2. The Morgan fingerprint density at radius 2 is 1.10 bits per heavy atom. The van der Waals surface area contributed by atoms with Crippen LogP contribution in [0.5, 0.6) is 0 Å². The van der Waals surface area contributed by atoms with Crippen molar-refractivity contribution in [1.29, 1.82) is 0 Å². The maximum absolute atomic E-state index is 8.93. The molecule has 10 heavy (non-hydrogen) atoms. The summed E-state index contributed by atoms with van der Waals surface area (Å²) in [6.45, 7) is 0. The summed E-state index contributed by atoms with van der Waals surface area (Å²) >= 11 is 3.77. The van der Waals surface area contributed by atoms with Crippen LogP contribution in [0.25, 0.3) is 0 Å². The summed E-state index contributed by atoms with van der Waals surface area (Å²) in [4.78, 5) is 17.9. The Kier molecular flexibility index (Phi) is 38.3. The second-order valence-corrected chi connectivity index (χ2v) is 0.575. The van der Waals surface area contributed by atoms with Crippen molar-refractivity contribution in [2.24, 2.45) is 0 Å². The first-order valence-electron chi connectivity index (χ1n) is 1.19. The molecule has 0 bridgehead atoms. The average molecular weight is 230 g/mol. The molecule has 0 amide bonds. The van der Waals surface area contributed by atoms with Crippen LogP contribution in [0.3, 0.4) is 0 Å². The number of carbonyl (C=O) groups is 2. The van der Waals surface area contributed by atoms with Crippen molar-refractivity contribution in [3.05, 3.63) is 0 Å². The number of rotatable bonds is 0. The molecule has 0 radical (unpaired) electrons. The third kappa shape index (κ3) is 22.6. The molecule has 0 N–H and O–H groups in total. The van der Waals surface area contributed by atoms with Gasteiger partial charge in [-0.05, 0) is 0 Å². The van der Waals surface area contributed by atoms with E-state index in [4.69, 9.17) is 19.8 Å². The Hall–Kier alpha value is 1.68. The third-order valence-corrected chi connectivity index (χ3v) is 0.167. The van der Waals surface area contributed by atoms with E-state index in [9.17, 15) is 0 Å². The maximum atomic E-state index is 8.93. The van der Waals surface area contributed by atoms with E-state index in [2.05, 4.69) is 24.9 Å². The Bertz CT molecular complexity index is 97.4. The monoisotopic (exact) mass is 229 g/mol. The van der Waals surface area contributed by atoms with Crippen molar-refractivity contribution in [3.8, 4) is 0 Å². The Balaban J connectivity index is -0.0000000412. The first-order valence-corrected chi connectivity index (χ1v) is 2.59. The molecule has 0 atom stereocenters. The Labute approximate surface area is 114 Å². The molecule has 0 aliphatic carbocycles.